The highest BCUT2D eigenvalue weighted by atomic mass is 32.1. The number of aliphatic hydroxyl groups is 1. The van der Waals surface area contributed by atoms with Crippen LogP contribution in [0, 0.1) is 0 Å². The van der Waals surface area contributed by atoms with Crippen LogP contribution < -0.4 is 5.73 Å². The predicted molar refractivity (Wildman–Crippen MR) is 184 cm³/mol. The zero-order valence-corrected chi connectivity index (χ0v) is 27.8. The smallest absolute Gasteiger partial charge is 0.408 e. The normalized spacial score (nSPS) is 19.4. The number of hydrogen-bond acceptors (Lipinski definition) is 7. The highest BCUT2D eigenvalue weighted by Gasteiger charge is 2.59. The van der Waals surface area contributed by atoms with Crippen LogP contribution in [-0.4, -0.2) is 48.2 Å². The molecule has 3 aromatic carbocycles. The summed E-state index contributed by atoms with van der Waals surface area (Å²) in [4.78, 5) is 37.1. The van der Waals surface area contributed by atoms with Gasteiger partial charge in [-0.15, -0.1) is 22.7 Å². The first kappa shape index (κ1) is 31.6. The van der Waals surface area contributed by atoms with Crippen LogP contribution >= 0.6 is 22.7 Å². The molecular weight excluding hydrogens is 617 g/mol. The minimum Gasteiger partial charge on any atom is -0.465 e. The Balaban J connectivity index is 1.37. The number of nitrogens with two attached hydrogens (primary N) is 1. The van der Waals surface area contributed by atoms with E-state index in [4.69, 9.17) is 10.7 Å². The van der Waals surface area contributed by atoms with E-state index < -0.39 is 22.8 Å². The molecule has 2 heterocycles. The Labute approximate surface area is 276 Å². The third kappa shape index (κ3) is 6.08. The van der Waals surface area contributed by atoms with Crippen molar-refractivity contribution < 1.29 is 19.8 Å². The number of hydrogen-bond donors (Lipinski definition) is 3. The fourth-order valence-corrected chi connectivity index (χ4v) is 8.68. The molecule has 46 heavy (non-hydrogen) atoms. The molecule has 0 bridgehead atoms. The average molecular weight is 653 g/mol. The summed E-state index contributed by atoms with van der Waals surface area (Å²) in [7, 11) is 0. The van der Waals surface area contributed by atoms with Gasteiger partial charge in [-0.3, -0.25) is 9.69 Å². The zero-order chi connectivity index (χ0) is 32.9. The van der Waals surface area contributed by atoms with Gasteiger partial charge in [0.15, 0.2) is 0 Å². The lowest BCUT2D eigenvalue weighted by atomic mass is 9.60. The van der Waals surface area contributed by atoms with E-state index >= 15 is 0 Å². The van der Waals surface area contributed by atoms with Gasteiger partial charge in [-0.2, -0.15) is 0 Å². The van der Waals surface area contributed by atoms with Crippen molar-refractivity contribution in [3.8, 4) is 42.2 Å². The summed E-state index contributed by atoms with van der Waals surface area (Å²) in [6.45, 7) is 7.42. The standard InChI is InChI=1S/C36H36N4O4S2/c1-34(2,3)40(33(42)43)36(20-35(4,44)21-36)26-16-14-23(15-17-26)29-30(24-8-6-5-7-9-24)46-32(39-29)27-19-38-31(45-27)25-12-10-22(11-13-25)18-28(37)41/h5-17,19,44H,18,20-21H2,1-4H3,(H2,37,41)(H,42,43). The van der Waals surface area contributed by atoms with Gasteiger partial charge in [0.2, 0.25) is 5.91 Å². The summed E-state index contributed by atoms with van der Waals surface area (Å²) < 4.78 is 0. The second-order valence-corrected chi connectivity index (χ2v) is 15.2. The number of carboxylic acid groups (broad SMARTS) is 1. The summed E-state index contributed by atoms with van der Waals surface area (Å²) in [5.74, 6) is -0.365. The molecule has 4 N–H and O–H groups in total. The second kappa shape index (κ2) is 11.8. The van der Waals surface area contributed by atoms with Gasteiger partial charge in [-0.05, 0) is 44.4 Å². The highest BCUT2D eigenvalue weighted by Crippen LogP contribution is 2.55. The van der Waals surface area contributed by atoms with Gasteiger partial charge in [-0.1, -0.05) is 78.9 Å². The maximum absolute atomic E-state index is 12.6. The van der Waals surface area contributed by atoms with Crippen LogP contribution in [0.25, 0.3) is 42.2 Å². The number of amides is 2. The van der Waals surface area contributed by atoms with E-state index in [-0.39, 0.29) is 12.3 Å². The molecule has 236 valence electrons. The monoisotopic (exact) mass is 652 g/mol. The number of aromatic nitrogens is 2. The highest BCUT2D eigenvalue weighted by molar-refractivity contribution is 7.25. The minimum absolute atomic E-state index is 0.199. The first-order valence-electron chi connectivity index (χ1n) is 15.0. The Morgan fingerprint density at radius 1 is 0.891 bits per heavy atom. The van der Waals surface area contributed by atoms with Crippen molar-refractivity contribution in [3.05, 3.63) is 96.2 Å². The second-order valence-electron chi connectivity index (χ2n) is 13.2. The van der Waals surface area contributed by atoms with Crippen LogP contribution in [0.4, 0.5) is 4.79 Å². The Morgan fingerprint density at radius 3 is 2.09 bits per heavy atom. The number of carbonyl (C=O) groups excluding carboxylic acids is 1. The van der Waals surface area contributed by atoms with Crippen molar-refractivity contribution in [1.29, 1.82) is 0 Å². The Morgan fingerprint density at radius 2 is 1.52 bits per heavy atom. The van der Waals surface area contributed by atoms with Crippen molar-refractivity contribution >= 4 is 34.7 Å². The summed E-state index contributed by atoms with van der Waals surface area (Å²) in [6, 6.07) is 25.8. The topological polar surface area (TPSA) is 130 Å². The van der Waals surface area contributed by atoms with Crippen molar-refractivity contribution in [2.75, 3.05) is 0 Å². The molecule has 0 aliphatic heterocycles. The third-order valence-electron chi connectivity index (χ3n) is 8.29. The van der Waals surface area contributed by atoms with Gasteiger partial charge in [0.1, 0.15) is 10.0 Å². The van der Waals surface area contributed by atoms with E-state index in [1.54, 1.807) is 29.6 Å². The van der Waals surface area contributed by atoms with E-state index in [0.717, 1.165) is 53.3 Å². The van der Waals surface area contributed by atoms with E-state index in [9.17, 15) is 19.8 Å². The van der Waals surface area contributed by atoms with Crippen molar-refractivity contribution in [2.45, 2.75) is 63.6 Å². The van der Waals surface area contributed by atoms with E-state index in [1.807, 2.05) is 93.7 Å². The lowest BCUT2D eigenvalue weighted by Gasteiger charge is -2.60. The largest absolute Gasteiger partial charge is 0.465 e. The van der Waals surface area contributed by atoms with E-state index in [1.165, 1.54) is 4.90 Å². The zero-order valence-electron chi connectivity index (χ0n) is 26.2. The van der Waals surface area contributed by atoms with Crippen LogP contribution in [0.3, 0.4) is 0 Å². The number of nitrogens with zero attached hydrogens (tertiary/aromatic N) is 3. The number of carbonyl (C=O) groups is 2. The maximum atomic E-state index is 12.6. The van der Waals surface area contributed by atoms with Gasteiger partial charge >= 0.3 is 6.09 Å². The molecule has 0 spiro atoms. The molecule has 0 saturated heterocycles. The fourth-order valence-electron chi connectivity index (χ4n) is 6.63. The molecule has 1 fully saturated rings. The Bertz CT molecular complexity index is 1880. The lowest BCUT2D eigenvalue weighted by Crippen LogP contribution is -2.67. The molecule has 0 radical (unpaired) electrons. The molecule has 6 rings (SSSR count). The summed E-state index contributed by atoms with van der Waals surface area (Å²) in [5.41, 5.74) is 8.37. The predicted octanol–water partition coefficient (Wildman–Crippen LogP) is 7.81. The average Bonchev–Trinajstić information content (AvgIpc) is 3.64. The number of primary amides is 1. The SMILES string of the molecule is CC1(O)CC(c2ccc(-c3nc(-c4cnc(-c5ccc(CC(N)=O)cc5)s4)sc3-c3ccccc3)cc2)(N(C(=O)O)C(C)(C)C)C1. The van der Waals surface area contributed by atoms with Crippen LogP contribution in [0.15, 0.2) is 85.1 Å². The number of benzene rings is 3. The van der Waals surface area contributed by atoms with Gasteiger partial charge in [-0.25, -0.2) is 14.8 Å². The van der Waals surface area contributed by atoms with Gasteiger partial charge < -0.3 is 15.9 Å². The molecular formula is C36H36N4O4S2. The van der Waals surface area contributed by atoms with Gasteiger partial charge in [0, 0.05) is 35.7 Å². The molecule has 5 aromatic rings. The first-order chi connectivity index (χ1) is 21.8. The quantitative estimate of drug-likeness (QED) is 0.157. The van der Waals surface area contributed by atoms with Crippen molar-refractivity contribution in [1.82, 2.24) is 14.9 Å². The molecule has 2 aromatic heterocycles. The molecule has 1 saturated carbocycles. The summed E-state index contributed by atoms with van der Waals surface area (Å²) in [5, 5.41) is 22.8. The Hall–Kier alpha value is -4.38. The van der Waals surface area contributed by atoms with Crippen LogP contribution in [0.2, 0.25) is 0 Å². The third-order valence-corrected chi connectivity index (χ3v) is 10.6. The summed E-state index contributed by atoms with van der Waals surface area (Å²) >= 11 is 3.16. The molecule has 2 amide bonds. The minimum atomic E-state index is -1.01. The van der Waals surface area contributed by atoms with Crippen molar-refractivity contribution in [2.24, 2.45) is 5.73 Å². The number of rotatable bonds is 8. The fraction of sp³-hybridized carbons (Fsp3) is 0.278. The van der Waals surface area contributed by atoms with Gasteiger partial charge in [0.25, 0.3) is 0 Å². The molecule has 1 aliphatic carbocycles. The van der Waals surface area contributed by atoms with Gasteiger partial charge in [0.05, 0.1) is 33.0 Å². The molecule has 8 nitrogen and oxygen atoms in total. The summed E-state index contributed by atoms with van der Waals surface area (Å²) in [6.07, 6.45) is 1.68. The molecule has 1 aliphatic rings. The van der Waals surface area contributed by atoms with Crippen molar-refractivity contribution in [3.63, 3.8) is 0 Å². The Kier molecular flexibility index (Phi) is 8.08. The van der Waals surface area contributed by atoms with Crippen LogP contribution in [0.1, 0.15) is 51.7 Å². The van der Waals surface area contributed by atoms with E-state index in [2.05, 4.69) is 17.1 Å². The maximum Gasteiger partial charge on any atom is 0.408 e. The van der Waals surface area contributed by atoms with Crippen LogP contribution in [-0.2, 0) is 16.8 Å². The van der Waals surface area contributed by atoms with E-state index in [0.29, 0.717) is 12.8 Å². The molecule has 10 heteroatoms. The van der Waals surface area contributed by atoms with Crippen LogP contribution in [0.5, 0.6) is 0 Å². The number of thiazole rings is 2. The molecule has 0 atom stereocenters. The molecule has 0 unspecified atom stereocenters. The lowest BCUT2D eigenvalue weighted by molar-refractivity contribution is -0.152. The first-order valence-corrected chi connectivity index (χ1v) is 16.7.